The van der Waals surface area contributed by atoms with Gasteiger partial charge < -0.3 is 15.0 Å². The van der Waals surface area contributed by atoms with E-state index in [-0.39, 0.29) is 23.8 Å². The number of hydrogen-bond acceptors (Lipinski definition) is 5. The van der Waals surface area contributed by atoms with Crippen molar-refractivity contribution in [3.05, 3.63) is 112 Å². The minimum Gasteiger partial charge on any atom is -0.496 e. The van der Waals surface area contributed by atoms with Crippen molar-refractivity contribution in [3.63, 3.8) is 0 Å². The summed E-state index contributed by atoms with van der Waals surface area (Å²) >= 11 is 1.25. The quantitative estimate of drug-likeness (QED) is 0.205. The minimum atomic E-state index is -0.203. The molecule has 38 heavy (non-hydrogen) atoms. The Morgan fingerprint density at radius 2 is 1.76 bits per heavy atom. The number of fused-ring (bicyclic) bond motifs is 1. The number of amides is 1. The lowest BCUT2D eigenvalue weighted by atomic mass is 10.1. The lowest BCUT2D eigenvalue weighted by Gasteiger charge is -2.14. The molecule has 0 spiro atoms. The fourth-order valence-electron chi connectivity index (χ4n) is 4.25. The van der Waals surface area contributed by atoms with Gasteiger partial charge >= 0.3 is 0 Å². The van der Waals surface area contributed by atoms with Crippen LogP contribution in [0.1, 0.15) is 16.7 Å². The number of nitrogens with zero attached hydrogens (tertiary/aromatic N) is 2. The largest absolute Gasteiger partial charge is 0.496 e. The number of methoxy groups -OCH3 is 1. The Bertz CT molecular complexity index is 1630. The van der Waals surface area contributed by atoms with Gasteiger partial charge in [0.15, 0.2) is 5.16 Å². The molecule has 2 heterocycles. The first-order valence-corrected chi connectivity index (χ1v) is 13.3. The summed E-state index contributed by atoms with van der Waals surface area (Å²) in [6.07, 6.45) is 1.81. The molecule has 0 aliphatic carbocycles. The fraction of sp³-hybridized carbons (Fsp3) is 0.167. The average molecular weight is 525 g/mol. The van der Waals surface area contributed by atoms with E-state index < -0.39 is 0 Å². The molecule has 0 saturated heterocycles. The highest BCUT2D eigenvalue weighted by Gasteiger charge is 2.19. The van der Waals surface area contributed by atoms with Gasteiger partial charge in [0.2, 0.25) is 5.91 Å². The summed E-state index contributed by atoms with van der Waals surface area (Å²) in [5.41, 5.74) is 5.65. The van der Waals surface area contributed by atoms with E-state index in [9.17, 15) is 9.59 Å². The van der Waals surface area contributed by atoms with Crippen LogP contribution in [0.2, 0.25) is 0 Å². The number of para-hydroxylation sites is 1. The zero-order valence-corrected chi connectivity index (χ0v) is 22.0. The van der Waals surface area contributed by atoms with Crippen molar-refractivity contribution in [2.24, 2.45) is 0 Å². The highest BCUT2D eigenvalue weighted by atomic mass is 32.2. The van der Waals surface area contributed by atoms with Gasteiger partial charge in [-0.15, -0.1) is 0 Å². The molecule has 0 radical (unpaired) electrons. The van der Waals surface area contributed by atoms with E-state index in [0.29, 0.717) is 28.5 Å². The van der Waals surface area contributed by atoms with Gasteiger partial charge in [0.1, 0.15) is 16.8 Å². The molecule has 0 atom stereocenters. The van der Waals surface area contributed by atoms with Crippen LogP contribution in [0.3, 0.4) is 0 Å². The molecular formula is C30H28N4O3S. The third-order valence-corrected chi connectivity index (χ3v) is 7.27. The second kappa shape index (κ2) is 11.4. The van der Waals surface area contributed by atoms with Crippen molar-refractivity contribution >= 4 is 28.7 Å². The van der Waals surface area contributed by atoms with E-state index in [2.05, 4.69) is 10.3 Å². The maximum Gasteiger partial charge on any atom is 0.278 e. The van der Waals surface area contributed by atoms with Gasteiger partial charge in [-0.1, -0.05) is 90.1 Å². The van der Waals surface area contributed by atoms with Gasteiger partial charge in [0, 0.05) is 23.9 Å². The topological polar surface area (TPSA) is 89.0 Å². The summed E-state index contributed by atoms with van der Waals surface area (Å²) in [6.45, 7) is 2.73. The number of aryl methyl sites for hydroxylation is 1. The van der Waals surface area contributed by atoms with Crippen molar-refractivity contribution < 1.29 is 9.53 Å². The molecule has 0 bridgehead atoms. The Hall–Kier alpha value is -4.30. The SMILES string of the molecule is COc1ccccc1Cn1c(SCC(=O)NCc2ccc(C)cc2)nc2c(-c3ccccc3)c[nH]c2c1=O. The first-order chi connectivity index (χ1) is 18.5. The van der Waals surface area contributed by atoms with E-state index in [1.54, 1.807) is 11.7 Å². The molecule has 2 aromatic heterocycles. The molecule has 8 heteroatoms. The normalized spacial score (nSPS) is 11.0. The first-order valence-electron chi connectivity index (χ1n) is 12.3. The van der Waals surface area contributed by atoms with Crippen LogP contribution in [0.4, 0.5) is 0 Å². The van der Waals surface area contributed by atoms with Crippen LogP contribution in [0.5, 0.6) is 5.75 Å². The first kappa shape index (κ1) is 25.4. The Morgan fingerprint density at radius 3 is 2.53 bits per heavy atom. The summed E-state index contributed by atoms with van der Waals surface area (Å²) in [6, 6.07) is 25.4. The molecule has 2 N–H and O–H groups in total. The van der Waals surface area contributed by atoms with E-state index in [1.807, 2.05) is 92.0 Å². The second-order valence-corrected chi connectivity index (χ2v) is 9.88. The standard InChI is InChI=1S/C30H28N4O3S/c1-20-12-14-21(15-13-20)16-31-26(35)19-38-30-33-27-24(22-8-4-3-5-9-22)17-32-28(27)29(36)34(30)18-23-10-6-7-11-25(23)37-2/h3-15,17,32H,16,18-19H2,1-2H3,(H,31,35). The third kappa shape index (κ3) is 5.50. The van der Waals surface area contributed by atoms with Gasteiger partial charge in [-0.25, -0.2) is 4.98 Å². The number of aromatic nitrogens is 3. The average Bonchev–Trinajstić information content (AvgIpc) is 3.38. The van der Waals surface area contributed by atoms with E-state index in [0.717, 1.165) is 22.3 Å². The molecule has 1 amide bonds. The molecular weight excluding hydrogens is 496 g/mol. The molecule has 192 valence electrons. The summed E-state index contributed by atoms with van der Waals surface area (Å²) in [7, 11) is 1.61. The minimum absolute atomic E-state index is 0.126. The highest BCUT2D eigenvalue weighted by molar-refractivity contribution is 7.99. The molecule has 5 rings (SSSR count). The number of nitrogens with one attached hydrogen (secondary N) is 2. The smallest absolute Gasteiger partial charge is 0.278 e. The maximum atomic E-state index is 13.7. The van der Waals surface area contributed by atoms with Gasteiger partial charge in [0.25, 0.3) is 5.56 Å². The van der Waals surface area contributed by atoms with E-state index >= 15 is 0 Å². The number of carbonyl (C=O) groups is 1. The van der Waals surface area contributed by atoms with Gasteiger partial charge in [0.05, 0.1) is 19.4 Å². The highest BCUT2D eigenvalue weighted by Crippen LogP contribution is 2.28. The number of thioether (sulfide) groups is 1. The Morgan fingerprint density at radius 1 is 1.03 bits per heavy atom. The predicted molar refractivity (Wildman–Crippen MR) is 152 cm³/mol. The molecule has 0 unspecified atom stereocenters. The van der Waals surface area contributed by atoms with E-state index in [4.69, 9.17) is 9.72 Å². The number of hydrogen-bond donors (Lipinski definition) is 2. The summed E-state index contributed by atoms with van der Waals surface area (Å²) in [5, 5.41) is 3.43. The van der Waals surface area contributed by atoms with E-state index in [1.165, 1.54) is 17.3 Å². The molecule has 0 aliphatic heterocycles. The van der Waals surface area contributed by atoms with Gasteiger partial charge in [-0.05, 0) is 24.1 Å². The Labute approximate surface area is 224 Å². The maximum absolute atomic E-state index is 13.7. The van der Waals surface area contributed by atoms with Crippen molar-refractivity contribution in [3.8, 4) is 16.9 Å². The summed E-state index contributed by atoms with van der Waals surface area (Å²) in [4.78, 5) is 34.5. The van der Waals surface area contributed by atoms with Crippen LogP contribution in [-0.4, -0.2) is 33.3 Å². The summed E-state index contributed by atoms with van der Waals surface area (Å²) < 4.78 is 7.11. The van der Waals surface area contributed by atoms with Crippen LogP contribution in [0.25, 0.3) is 22.2 Å². The molecule has 0 saturated carbocycles. The number of benzene rings is 3. The van der Waals surface area contributed by atoms with Crippen molar-refractivity contribution in [2.75, 3.05) is 12.9 Å². The molecule has 5 aromatic rings. The lowest BCUT2D eigenvalue weighted by molar-refractivity contribution is -0.118. The zero-order valence-electron chi connectivity index (χ0n) is 21.2. The number of aromatic amines is 1. The van der Waals surface area contributed by atoms with Crippen molar-refractivity contribution in [2.45, 2.75) is 25.2 Å². The van der Waals surface area contributed by atoms with Gasteiger partial charge in [-0.3, -0.25) is 14.2 Å². The van der Waals surface area contributed by atoms with Crippen LogP contribution in [0, 0.1) is 6.92 Å². The number of carbonyl (C=O) groups excluding carboxylic acids is 1. The zero-order chi connectivity index (χ0) is 26.5. The number of rotatable bonds is 9. The summed E-state index contributed by atoms with van der Waals surface area (Å²) in [5.74, 6) is 0.676. The molecule has 0 fully saturated rings. The fourth-order valence-corrected chi connectivity index (χ4v) is 5.07. The van der Waals surface area contributed by atoms with Crippen molar-refractivity contribution in [1.29, 1.82) is 0 Å². The molecule has 7 nitrogen and oxygen atoms in total. The molecule has 0 aliphatic rings. The lowest BCUT2D eigenvalue weighted by Crippen LogP contribution is -2.27. The third-order valence-electron chi connectivity index (χ3n) is 6.30. The molecule has 3 aromatic carbocycles. The van der Waals surface area contributed by atoms with Crippen LogP contribution < -0.4 is 15.6 Å². The van der Waals surface area contributed by atoms with Crippen LogP contribution in [-0.2, 0) is 17.9 Å². The Kier molecular flexibility index (Phi) is 7.60. The van der Waals surface area contributed by atoms with Crippen LogP contribution >= 0.6 is 11.8 Å². The number of H-pyrrole nitrogens is 1. The predicted octanol–water partition coefficient (Wildman–Crippen LogP) is 5.17. The second-order valence-electron chi connectivity index (χ2n) is 8.94. The van der Waals surface area contributed by atoms with Crippen LogP contribution in [0.15, 0.2) is 95.0 Å². The van der Waals surface area contributed by atoms with Gasteiger partial charge in [-0.2, -0.15) is 0 Å². The van der Waals surface area contributed by atoms with Crippen molar-refractivity contribution in [1.82, 2.24) is 19.9 Å². The number of ether oxygens (including phenoxy) is 1. The monoisotopic (exact) mass is 524 g/mol. The Balaban J connectivity index is 1.47.